The van der Waals surface area contributed by atoms with Crippen molar-refractivity contribution in [1.29, 1.82) is 0 Å². The first-order chi connectivity index (χ1) is 12.9. The number of rotatable bonds is 6. The van der Waals surface area contributed by atoms with Crippen LogP contribution in [0.2, 0.25) is 0 Å². The zero-order chi connectivity index (χ0) is 19.4. The van der Waals surface area contributed by atoms with Crippen molar-refractivity contribution in [2.75, 3.05) is 0 Å². The first-order valence-electron chi connectivity index (χ1n) is 8.52. The third-order valence-corrected chi connectivity index (χ3v) is 4.04. The van der Waals surface area contributed by atoms with E-state index < -0.39 is 18.0 Å². The Labute approximate surface area is 156 Å². The van der Waals surface area contributed by atoms with Gasteiger partial charge in [0.2, 0.25) is 0 Å². The van der Waals surface area contributed by atoms with E-state index >= 15 is 0 Å². The van der Waals surface area contributed by atoms with Crippen molar-refractivity contribution in [3.8, 4) is 5.75 Å². The van der Waals surface area contributed by atoms with Crippen molar-refractivity contribution in [2.45, 2.75) is 26.6 Å². The van der Waals surface area contributed by atoms with E-state index in [4.69, 9.17) is 15.2 Å². The molecule has 2 N–H and O–H groups in total. The number of amides is 1. The Hall–Kier alpha value is -3.41. The molecule has 0 radical (unpaired) electrons. The number of hydrogen-bond acceptors (Lipinski definition) is 5. The topological polar surface area (TPSA) is 91.5 Å². The van der Waals surface area contributed by atoms with Crippen molar-refractivity contribution in [1.82, 2.24) is 4.98 Å². The maximum Gasteiger partial charge on any atom is 0.347 e. The van der Waals surface area contributed by atoms with E-state index in [1.165, 1.54) is 6.07 Å². The molecule has 3 rings (SSSR count). The Morgan fingerprint density at radius 2 is 1.85 bits per heavy atom. The number of nitrogens with zero attached hydrogens (tertiary/aromatic N) is 1. The maximum atomic E-state index is 12.3. The lowest BCUT2D eigenvalue weighted by molar-refractivity contribution is -0.152. The minimum absolute atomic E-state index is 0.0768. The quantitative estimate of drug-likeness (QED) is 0.679. The summed E-state index contributed by atoms with van der Waals surface area (Å²) >= 11 is 0. The molecule has 1 aromatic heterocycles. The lowest BCUT2D eigenvalue weighted by atomic mass is 10.1. The second-order valence-corrected chi connectivity index (χ2v) is 6.24. The van der Waals surface area contributed by atoms with Gasteiger partial charge in [-0.15, -0.1) is 0 Å². The molecule has 2 aromatic carbocycles. The molecule has 0 bridgehead atoms. The number of ether oxygens (including phenoxy) is 2. The largest absolute Gasteiger partial charge is 0.478 e. The summed E-state index contributed by atoms with van der Waals surface area (Å²) in [6, 6.07) is 16.4. The standard InChI is InChI=1S/C21H20N2O4/c1-13-8-9-16-17(10-13)23-18(20(22)24)11-19(16)27-14(2)21(25)26-12-15-6-4-3-5-7-15/h3-11,14H,12H2,1-2H3,(H2,22,24)/t14-/m0/s1. The highest BCUT2D eigenvalue weighted by Crippen LogP contribution is 2.27. The van der Waals surface area contributed by atoms with E-state index in [1.807, 2.05) is 55.5 Å². The third kappa shape index (κ3) is 4.41. The van der Waals surface area contributed by atoms with Gasteiger partial charge in [0.25, 0.3) is 5.91 Å². The highest BCUT2D eigenvalue weighted by molar-refractivity contribution is 5.96. The number of benzene rings is 2. The lowest BCUT2D eigenvalue weighted by Gasteiger charge is -2.16. The Balaban J connectivity index is 1.80. The molecule has 1 amide bonds. The SMILES string of the molecule is Cc1ccc2c(O[C@@H](C)C(=O)OCc3ccccc3)cc(C(N)=O)nc2c1. The first kappa shape index (κ1) is 18.4. The Bertz CT molecular complexity index is 986. The van der Waals surface area contributed by atoms with Gasteiger partial charge in [-0.25, -0.2) is 9.78 Å². The number of primary amides is 1. The summed E-state index contributed by atoms with van der Waals surface area (Å²) in [5.74, 6) is -0.808. The molecule has 27 heavy (non-hydrogen) atoms. The third-order valence-electron chi connectivity index (χ3n) is 4.04. The van der Waals surface area contributed by atoms with Gasteiger partial charge in [0.1, 0.15) is 18.1 Å². The van der Waals surface area contributed by atoms with E-state index in [0.29, 0.717) is 16.7 Å². The Morgan fingerprint density at radius 1 is 1.11 bits per heavy atom. The van der Waals surface area contributed by atoms with Gasteiger partial charge in [0.15, 0.2) is 6.10 Å². The summed E-state index contributed by atoms with van der Waals surface area (Å²) in [6.45, 7) is 3.68. The molecular weight excluding hydrogens is 344 g/mol. The van der Waals surface area contributed by atoms with Gasteiger partial charge in [-0.05, 0) is 37.1 Å². The minimum atomic E-state index is -0.860. The fourth-order valence-corrected chi connectivity index (χ4v) is 2.61. The van der Waals surface area contributed by atoms with Gasteiger partial charge in [-0.2, -0.15) is 0 Å². The summed E-state index contributed by atoms with van der Waals surface area (Å²) in [7, 11) is 0. The number of pyridine rings is 1. The predicted molar refractivity (Wildman–Crippen MR) is 101 cm³/mol. The molecule has 6 heteroatoms. The highest BCUT2D eigenvalue weighted by Gasteiger charge is 2.19. The summed E-state index contributed by atoms with van der Waals surface area (Å²) < 4.78 is 11.1. The van der Waals surface area contributed by atoms with Crippen molar-refractivity contribution >= 4 is 22.8 Å². The van der Waals surface area contributed by atoms with Gasteiger partial charge in [-0.3, -0.25) is 4.79 Å². The molecule has 3 aromatic rings. The zero-order valence-electron chi connectivity index (χ0n) is 15.1. The molecular formula is C21H20N2O4. The van der Waals surface area contributed by atoms with Crippen LogP contribution in [0.3, 0.4) is 0 Å². The average Bonchev–Trinajstić information content (AvgIpc) is 2.66. The van der Waals surface area contributed by atoms with E-state index in [1.54, 1.807) is 6.92 Å². The zero-order valence-corrected chi connectivity index (χ0v) is 15.1. The van der Waals surface area contributed by atoms with Gasteiger partial charge in [0, 0.05) is 11.5 Å². The van der Waals surface area contributed by atoms with Gasteiger partial charge >= 0.3 is 5.97 Å². The van der Waals surface area contributed by atoms with Crippen LogP contribution in [0.25, 0.3) is 10.9 Å². The van der Waals surface area contributed by atoms with Crippen molar-refractivity contribution in [3.63, 3.8) is 0 Å². The number of aromatic nitrogens is 1. The van der Waals surface area contributed by atoms with Crippen LogP contribution in [0, 0.1) is 6.92 Å². The summed E-state index contributed by atoms with van der Waals surface area (Å²) in [5.41, 5.74) is 7.89. The van der Waals surface area contributed by atoms with Crippen LogP contribution < -0.4 is 10.5 Å². The van der Waals surface area contributed by atoms with Crippen LogP contribution in [-0.4, -0.2) is 23.0 Å². The predicted octanol–water partition coefficient (Wildman–Crippen LogP) is 3.15. The number of aryl methyl sites for hydroxylation is 1. The molecule has 0 saturated carbocycles. The summed E-state index contributed by atoms with van der Waals surface area (Å²) in [5, 5.41) is 0.688. The van der Waals surface area contributed by atoms with E-state index in [9.17, 15) is 9.59 Å². The molecule has 0 spiro atoms. The Morgan fingerprint density at radius 3 is 2.56 bits per heavy atom. The maximum absolute atomic E-state index is 12.3. The number of carbonyl (C=O) groups excluding carboxylic acids is 2. The minimum Gasteiger partial charge on any atom is -0.478 e. The smallest absolute Gasteiger partial charge is 0.347 e. The van der Waals surface area contributed by atoms with Gasteiger partial charge in [-0.1, -0.05) is 36.4 Å². The normalized spacial score (nSPS) is 11.8. The van der Waals surface area contributed by atoms with E-state index in [0.717, 1.165) is 11.1 Å². The number of carbonyl (C=O) groups is 2. The molecule has 0 unspecified atom stereocenters. The molecule has 0 aliphatic rings. The Kier molecular flexibility index (Phi) is 5.35. The second kappa shape index (κ2) is 7.86. The van der Waals surface area contributed by atoms with Crippen LogP contribution in [0.5, 0.6) is 5.75 Å². The molecule has 6 nitrogen and oxygen atoms in total. The summed E-state index contributed by atoms with van der Waals surface area (Å²) in [6.07, 6.45) is -0.860. The first-order valence-corrected chi connectivity index (χ1v) is 8.52. The summed E-state index contributed by atoms with van der Waals surface area (Å²) in [4.78, 5) is 28.1. The monoisotopic (exact) mass is 364 g/mol. The van der Waals surface area contributed by atoms with Crippen LogP contribution in [0.15, 0.2) is 54.6 Å². The molecule has 1 atom stereocenters. The number of hydrogen-bond donors (Lipinski definition) is 1. The van der Waals surface area contributed by atoms with Crippen LogP contribution in [0.4, 0.5) is 0 Å². The van der Waals surface area contributed by atoms with Crippen molar-refractivity contribution in [2.24, 2.45) is 5.73 Å². The fraction of sp³-hybridized carbons (Fsp3) is 0.190. The van der Waals surface area contributed by atoms with Crippen molar-refractivity contribution < 1.29 is 19.1 Å². The van der Waals surface area contributed by atoms with Gasteiger partial charge in [0.05, 0.1) is 5.52 Å². The molecule has 1 heterocycles. The second-order valence-electron chi connectivity index (χ2n) is 6.24. The molecule has 138 valence electrons. The van der Waals surface area contributed by atoms with E-state index in [-0.39, 0.29) is 12.3 Å². The number of fused-ring (bicyclic) bond motifs is 1. The molecule has 0 saturated heterocycles. The average molecular weight is 364 g/mol. The van der Waals surface area contributed by atoms with Crippen molar-refractivity contribution in [3.05, 3.63) is 71.4 Å². The van der Waals surface area contributed by atoms with Crippen LogP contribution >= 0.6 is 0 Å². The number of esters is 1. The highest BCUT2D eigenvalue weighted by atomic mass is 16.6. The molecule has 0 aliphatic carbocycles. The molecule has 0 fully saturated rings. The van der Waals surface area contributed by atoms with Crippen LogP contribution in [0.1, 0.15) is 28.5 Å². The van der Waals surface area contributed by atoms with Gasteiger partial charge < -0.3 is 15.2 Å². The van der Waals surface area contributed by atoms with E-state index in [2.05, 4.69) is 4.98 Å². The molecule has 0 aliphatic heterocycles. The van der Waals surface area contributed by atoms with Crippen LogP contribution in [-0.2, 0) is 16.1 Å². The lowest BCUT2D eigenvalue weighted by Crippen LogP contribution is -2.26. The fourth-order valence-electron chi connectivity index (χ4n) is 2.61. The number of nitrogens with two attached hydrogens (primary N) is 1.